The van der Waals surface area contributed by atoms with Crippen molar-refractivity contribution in [1.82, 2.24) is 10.2 Å². The molecule has 1 heterocycles. The molecule has 2 unspecified atom stereocenters. The van der Waals surface area contributed by atoms with Crippen LogP contribution >= 0.6 is 0 Å². The van der Waals surface area contributed by atoms with E-state index in [1.54, 1.807) is 0 Å². The van der Waals surface area contributed by atoms with Crippen LogP contribution in [0.3, 0.4) is 0 Å². The van der Waals surface area contributed by atoms with E-state index in [0.29, 0.717) is 12.1 Å². The van der Waals surface area contributed by atoms with Crippen LogP contribution in [0.1, 0.15) is 46.5 Å². The highest BCUT2D eigenvalue weighted by Gasteiger charge is 2.21. The molecule has 3 heteroatoms. The molecule has 0 aromatic carbocycles. The van der Waals surface area contributed by atoms with Crippen molar-refractivity contribution in [3.8, 4) is 0 Å². The minimum Gasteiger partial charge on any atom is -0.380 e. The van der Waals surface area contributed by atoms with Crippen molar-refractivity contribution in [2.45, 2.75) is 58.5 Å². The molecule has 3 nitrogen and oxygen atoms in total. The smallest absolute Gasteiger partial charge is 0.0593 e. The Morgan fingerprint density at radius 2 is 2.12 bits per heavy atom. The van der Waals surface area contributed by atoms with Gasteiger partial charge in [0.1, 0.15) is 0 Å². The Balaban J connectivity index is 2.22. The Bertz CT molecular complexity index is 187. The maximum absolute atomic E-state index is 5.67. The Morgan fingerprint density at radius 1 is 1.29 bits per heavy atom. The lowest BCUT2D eigenvalue weighted by Crippen LogP contribution is -2.41. The molecule has 0 spiro atoms. The number of rotatable bonds is 7. The van der Waals surface area contributed by atoms with E-state index in [1.165, 1.54) is 32.2 Å². The molecule has 1 N–H and O–H groups in total. The summed E-state index contributed by atoms with van der Waals surface area (Å²) in [7, 11) is 0. The summed E-state index contributed by atoms with van der Waals surface area (Å²) >= 11 is 0. The molecule has 1 aliphatic rings. The molecule has 102 valence electrons. The highest BCUT2D eigenvalue weighted by molar-refractivity contribution is 4.79. The first-order chi connectivity index (χ1) is 8.27. The lowest BCUT2D eigenvalue weighted by molar-refractivity contribution is 0.0869. The van der Waals surface area contributed by atoms with Gasteiger partial charge >= 0.3 is 0 Å². The number of hydrogen-bond donors (Lipinski definition) is 1. The lowest BCUT2D eigenvalue weighted by atomic mass is 10.2. The first kappa shape index (κ1) is 14.9. The number of nitrogens with zero attached hydrogens (tertiary/aromatic N) is 1. The number of hydrogen-bond acceptors (Lipinski definition) is 3. The van der Waals surface area contributed by atoms with E-state index < -0.39 is 0 Å². The largest absolute Gasteiger partial charge is 0.380 e. The van der Waals surface area contributed by atoms with Gasteiger partial charge in [0.15, 0.2) is 0 Å². The minimum absolute atomic E-state index is 0.663. The highest BCUT2D eigenvalue weighted by atomic mass is 16.5. The van der Waals surface area contributed by atoms with Crippen LogP contribution in [-0.4, -0.2) is 49.8 Å². The molecule has 0 amide bonds. The summed E-state index contributed by atoms with van der Waals surface area (Å²) in [5.74, 6) is 0. The molecular weight excluding hydrogens is 212 g/mol. The van der Waals surface area contributed by atoms with Gasteiger partial charge in [0, 0.05) is 31.8 Å². The normalized spacial score (nSPS) is 27.0. The van der Waals surface area contributed by atoms with Crippen LogP contribution in [0.4, 0.5) is 0 Å². The van der Waals surface area contributed by atoms with Crippen molar-refractivity contribution in [1.29, 1.82) is 0 Å². The van der Waals surface area contributed by atoms with E-state index >= 15 is 0 Å². The fourth-order valence-corrected chi connectivity index (χ4v) is 2.32. The fraction of sp³-hybridized carbons (Fsp3) is 1.00. The average Bonchev–Trinajstić information content (AvgIpc) is 2.51. The molecule has 0 bridgehead atoms. The van der Waals surface area contributed by atoms with Gasteiger partial charge in [-0.2, -0.15) is 0 Å². The molecule has 1 rings (SSSR count). The van der Waals surface area contributed by atoms with Gasteiger partial charge in [-0.1, -0.05) is 20.3 Å². The summed E-state index contributed by atoms with van der Waals surface area (Å²) in [6.45, 7) is 12.0. The zero-order valence-electron chi connectivity index (χ0n) is 11.9. The van der Waals surface area contributed by atoms with Gasteiger partial charge < -0.3 is 10.1 Å². The van der Waals surface area contributed by atoms with Gasteiger partial charge in [0.05, 0.1) is 6.61 Å². The standard InChI is InChI=1S/C14H30N2O/c1-4-6-10-17-11-9-16-12-14(5-2)15-8-7-13(16)3/h13-15H,4-12H2,1-3H3. The second-order valence-corrected chi connectivity index (χ2v) is 5.16. The van der Waals surface area contributed by atoms with Crippen LogP contribution in [0, 0.1) is 0 Å². The maximum Gasteiger partial charge on any atom is 0.0593 e. The molecule has 2 atom stereocenters. The first-order valence-corrected chi connectivity index (χ1v) is 7.33. The minimum atomic E-state index is 0.663. The lowest BCUT2D eigenvalue weighted by Gasteiger charge is -2.28. The molecule has 0 aromatic heterocycles. The third-order valence-electron chi connectivity index (χ3n) is 3.73. The van der Waals surface area contributed by atoms with Crippen molar-refractivity contribution in [2.75, 3.05) is 32.8 Å². The van der Waals surface area contributed by atoms with E-state index in [2.05, 4.69) is 31.0 Å². The van der Waals surface area contributed by atoms with Gasteiger partial charge in [-0.15, -0.1) is 0 Å². The zero-order chi connectivity index (χ0) is 12.5. The SMILES string of the molecule is CCCCOCCN1CC(CC)NCCC1C. The summed E-state index contributed by atoms with van der Waals surface area (Å²) in [6.07, 6.45) is 4.89. The summed E-state index contributed by atoms with van der Waals surface area (Å²) < 4.78 is 5.67. The maximum atomic E-state index is 5.67. The summed E-state index contributed by atoms with van der Waals surface area (Å²) in [6, 6.07) is 1.35. The van der Waals surface area contributed by atoms with Crippen LogP contribution in [0.2, 0.25) is 0 Å². The predicted molar refractivity (Wildman–Crippen MR) is 73.5 cm³/mol. The van der Waals surface area contributed by atoms with Crippen molar-refractivity contribution in [2.24, 2.45) is 0 Å². The van der Waals surface area contributed by atoms with Gasteiger partial charge in [-0.3, -0.25) is 4.90 Å². The Kier molecular flexibility index (Phi) is 7.82. The van der Waals surface area contributed by atoms with Gasteiger partial charge in [-0.25, -0.2) is 0 Å². The first-order valence-electron chi connectivity index (χ1n) is 7.33. The monoisotopic (exact) mass is 242 g/mol. The molecule has 0 aromatic rings. The third kappa shape index (κ3) is 5.84. The molecular formula is C14H30N2O. The number of unbranched alkanes of at least 4 members (excludes halogenated alkanes) is 1. The second-order valence-electron chi connectivity index (χ2n) is 5.16. The molecule has 1 aliphatic heterocycles. The summed E-state index contributed by atoms with van der Waals surface area (Å²) in [5, 5.41) is 3.62. The number of nitrogens with one attached hydrogen (secondary N) is 1. The Labute approximate surface area is 107 Å². The molecule has 17 heavy (non-hydrogen) atoms. The summed E-state index contributed by atoms with van der Waals surface area (Å²) in [4.78, 5) is 2.58. The quantitative estimate of drug-likeness (QED) is 0.693. The highest BCUT2D eigenvalue weighted by Crippen LogP contribution is 2.10. The van der Waals surface area contributed by atoms with E-state index in [4.69, 9.17) is 4.74 Å². The van der Waals surface area contributed by atoms with Crippen LogP contribution in [0.25, 0.3) is 0 Å². The third-order valence-corrected chi connectivity index (χ3v) is 3.73. The molecule has 0 radical (unpaired) electrons. The molecule has 1 fully saturated rings. The molecule has 0 aliphatic carbocycles. The van der Waals surface area contributed by atoms with Crippen LogP contribution in [0.15, 0.2) is 0 Å². The van der Waals surface area contributed by atoms with Crippen molar-refractivity contribution in [3.63, 3.8) is 0 Å². The molecule has 0 saturated carbocycles. The molecule has 1 saturated heterocycles. The van der Waals surface area contributed by atoms with Crippen LogP contribution in [0.5, 0.6) is 0 Å². The summed E-state index contributed by atoms with van der Waals surface area (Å²) in [5.41, 5.74) is 0. The Morgan fingerprint density at radius 3 is 2.82 bits per heavy atom. The van der Waals surface area contributed by atoms with E-state index in [0.717, 1.165) is 26.3 Å². The van der Waals surface area contributed by atoms with E-state index in [9.17, 15) is 0 Å². The van der Waals surface area contributed by atoms with Gasteiger partial charge in [-0.05, 0) is 32.7 Å². The zero-order valence-corrected chi connectivity index (χ0v) is 11.9. The predicted octanol–water partition coefficient (Wildman–Crippen LogP) is 2.27. The van der Waals surface area contributed by atoms with Gasteiger partial charge in [0.2, 0.25) is 0 Å². The number of ether oxygens (including phenoxy) is 1. The van der Waals surface area contributed by atoms with E-state index in [1.807, 2.05) is 0 Å². The van der Waals surface area contributed by atoms with Crippen LogP contribution < -0.4 is 5.32 Å². The van der Waals surface area contributed by atoms with Crippen LogP contribution in [-0.2, 0) is 4.74 Å². The fourth-order valence-electron chi connectivity index (χ4n) is 2.32. The van der Waals surface area contributed by atoms with Gasteiger partial charge in [0.25, 0.3) is 0 Å². The average molecular weight is 242 g/mol. The van der Waals surface area contributed by atoms with Crippen molar-refractivity contribution < 1.29 is 4.74 Å². The van der Waals surface area contributed by atoms with Crippen molar-refractivity contribution >= 4 is 0 Å². The second kappa shape index (κ2) is 8.90. The topological polar surface area (TPSA) is 24.5 Å². The van der Waals surface area contributed by atoms with E-state index in [-0.39, 0.29) is 0 Å². The Hall–Kier alpha value is -0.120. The van der Waals surface area contributed by atoms with Crippen molar-refractivity contribution in [3.05, 3.63) is 0 Å².